The highest BCUT2D eigenvalue weighted by atomic mass is 35.5. The Hall–Kier alpha value is -2.05. The van der Waals surface area contributed by atoms with E-state index in [9.17, 15) is 9.59 Å². The summed E-state index contributed by atoms with van der Waals surface area (Å²) in [7, 11) is 1.34. The number of benzene rings is 1. The number of ether oxygens (including phenoxy) is 1. The average Bonchev–Trinajstić information content (AvgIpc) is 3.07. The fourth-order valence-electron chi connectivity index (χ4n) is 3.35. The number of urea groups is 1. The Kier molecular flexibility index (Phi) is 5.06. The highest BCUT2D eigenvalue weighted by Gasteiger charge is 2.36. The molecule has 1 saturated heterocycles. The number of carbonyl (C=O) groups is 2. The zero-order valence-corrected chi connectivity index (χ0v) is 14.3. The molecule has 1 aromatic carbocycles. The summed E-state index contributed by atoms with van der Waals surface area (Å²) in [4.78, 5) is 25.9. The molecule has 0 aliphatic carbocycles. The standard InChI is InChI=1S/C17H20ClN3O3/c1-24-16(22)14-13(10-21-8-4-5-9-21)19-17(23)20-15(14)11-6-2-3-7-12(11)18/h2-3,6-7,15H,4-5,8-10H2,1H3,(H2,19,20,23)/p+1/t15-/m1/s1. The summed E-state index contributed by atoms with van der Waals surface area (Å²) in [5.74, 6) is -0.457. The molecular formula is C17H21ClN3O3+. The van der Waals surface area contributed by atoms with E-state index in [2.05, 4.69) is 10.6 Å². The second-order valence-electron chi connectivity index (χ2n) is 6.07. The molecule has 2 amide bonds. The van der Waals surface area contributed by atoms with Crippen molar-refractivity contribution in [2.24, 2.45) is 0 Å². The molecule has 3 rings (SSSR count). The van der Waals surface area contributed by atoms with E-state index in [0.717, 1.165) is 25.9 Å². The van der Waals surface area contributed by atoms with Gasteiger partial charge in [0.2, 0.25) is 0 Å². The summed E-state index contributed by atoms with van der Waals surface area (Å²) >= 11 is 6.28. The van der Waals surface area contributed by atoms with Crippen molar-refractivity contribution in [3.05, 3.63) is 46.1 Å². The molecule has 1 aromatic rings. The number of carbonyl (C=O) groups excluding carboxylic acids is 2. The van der Waals surface area contributed by atoms with Crippen LogP contribution in [0.5, 0.6) is 0 Å². The van der Waals surface area contributed by atoms with Crippen LogP contribution in [-0.4, -0.2) is 38.7 Å². The SMILES string of the molecule is COC(=O)C1=C(C[NH+]2CCCC2)NC(=O)N[C@@H]1c1ccccc1Cl. The maximum atomic E-state index is 12.4. The molecule has 2 aliphatic rings. The summed E-state index contributed by atoms with van der Waals surface area (Å²) in [6.45, 7) is 2.68. The number of hydrogen-bond acceptors (Lipinski definition) is 3. The maximum absolute atomic E-state index is 12.4. The van der Waals surface area contributed by atoms with Gasteiger partial charge in [-0.05, 0) is 11.6 Å². The molecule has 0 aromatic heterocycles. The predicted molar refractivity (Wildman–Crippen MR) is 89.7 cm³/mol. The van der Waals surface area contributed by atoms with Crippen molar-refractivity contribution in [1.82, 2.24) is 10.6 Å². The minimum atomic E-state index is -0.614. The first-order valence-corrected chi connectivity index (χ1v) is 8.45. The third kappa shape index (κ3) is 3.39. The fourth-order valence-corrected chi connectivity index (χ4v) is 3.60. The lowest BCUT2D eigenvalue weighted by molar-refractivity contribution is -0.882. The maximum Gasteiger partial charge on any atom is 0.338 e. The van der Waals surface area contributed by atoms with E-state index in [1.54, 1.807) is 6.07 Å². The van der Waals surface area contributed by atoms with Gasteiger partial charge in [0.25, 0.3) is 0 Å². The number of quaternary nitrogens is 1. The summed E-state index contributed by atoms with van der Waals surface area (Å²) in [5, 5.41) is 6.08. The van der Waals surface area contributed by atoms with Gasteiger partial charge in [0.1, 0.15) is 6.54 Å². The average molecular weight is 351 g/mol. The number of methoxy groups -OCH3 is 1. The first-order chi connectivity index (χ1) is 11.6. The molecule has 1 fully saturated rings. The minimum absolute atomic E-state index is 0.332. The van der Waals surface area contributed by atoms with Crippen LogP contribution in [0.1, 0.15) is 24.4 Å². The largest absolute Gasteiger partial charge is 0.466 e. The Morgan fingerprint density at radius 1 is 1.33 bits per heavy atom. The first kappa shape index (κ1) is 16.8. The van der Waals surface area contributed by atoms with Crippen molar-refractivity contribution in [1.29, 1.82) is 0 Å². The van der Waals surface area contributed by atoms with Gasteiger partial charge < -0.3 is 20.3 Å². The predicted octanol–water partition coefficient (Wildman–Crippen LogP) is 0.800. The third-order valence-electron chi connectivity index (χ3n) is 4.51. The Morgan fingerprint density at radius 3 is 2.71 bits per heavy atom. The Balaban J connectivity index is 2.03. The number of rotatable bonds is 4. The van der Waals surface area contributed by atoms with Crippen molar-refractivity contribution < 1.29 is 19.2 Å². The van der Waals surface area contributed by atoms with E-state index in [1.807, 2.05) is 18.2 Å². The van der Waals surface area contributed by atoms with Crippen LogP contribution in [0.15, 0.2) is 35.5 Å². The highest BCUT2D eigenvalue weighted by Crippen LogP contribution is 2.31. The number of nitrogens with one attached hydrogen (secondary N) is 3. The third-order valence-corrected chi connectivity index (χ3v) is 4.86. The first-order valence-electron chi connectivity index (χ1n) is 8.07. The summed E-state index contributed by atoms with van der Waals surface area (Å²) < 4.78 is 4.97. The highest BCUT2D eigenvalue weighted by molar-refractivity contribution is 6.31. The number of hydrogen-bond donors (Lipinski definition) is 3. The van der Waals surface area contributed by atoms with Gasteiger partial charge in [-0.25, -0.2) is 9.59 Å². The van der Waals surface area contributed by atoms with E-state index in [1.165, 1.54) is 12.0 Å². The second-order valence-corrected chi connectivity index (χ2v) is 6.48. The van der Waals surface area contributed by atoms with E-state index >= 15 is 0 Å². The van der Waals surface area contributed by atoms with Crippen LogP contribution in [0, 0.1) is 0 Å². The van der Waals surface area contributed by atoms with Crippen molar-refractivity contribution >= 4 is 23.6 Å². The van der Waals surface area contributed by atoms with E-state index in [4.69, 9.17) is 16.3 Å². The quantitative estimate of drug-likeness (QED) is 0.703. The van der Waals surface area contributed by atoms with Crippen LogP contribution in [-0.2, 0) is 9.53 Å². The molecule has 7 heteroatoms. The van der Waals surface area contributed by atoms with Crippen LogP contribution in [0.4, 0.5) is 4.79 Å². The summed E-state index contributed by atoms with van der Waals surface area (Å²) in [6.07, 6.45) is 2.33. The van der Waals surface area contributed by atoms with Crippen LogP contribution >= 0.6 is 11.6 Å². The van der Waals surface area contributed by atoms with Gasteiger partial charge in [0.05, 0.1) is 37.5 Å². The number of halogens is 1. The number of amides is 2. The molecule has 128 valence electrons. The molecule has 0 radical (unpaired) electrons. The van der Waals surface area contributed by atoms with Gasteiger partial charge >= 0.3 is 12.0 Å². The number of likely N-dealkylation sites (tertiary alicyclic amines) is 1. The van der Waals surface area contributed by atoms with Crippen molar-refractivity contribution in [3.63, 3.8) is 0 Å². The summed E-state index contributed by atoms with van der Waals surface area (Å²) in [5.41, 5.74) is 1.72. The monoisotopic (exact) mass is 350 g/mol. The zero-order valence-electron chi connectivity index (χ0n) is 13.5. The van der Waals surface area contributed by atoms with Gasteiger partial charge in [-0.2, -0.15) is 0 Å². The molecule has 0 spiro atoms. The molecule has 2 aliphatic heterocycles. The molecule has 1 atom stereocenters. The topological polar surface area (TPSA) is 71.9 Å². The van der Waals surface area contributed by atoms with Crippen LogP contribution in [0.3, 0.4) is 0 Å². The van der Waals surface area contributed by atoms with Gasteiger partial charge in [0, 0.05) is 17.9 Å². The Bertz CT molecular complexity index is 683. The van der Waals surface area contributed by atoms with E-state index < -0.39 is 12.0 Å². The fraction of sp³-hybridized carbons (Fsp3) is 0.412. The van der Waals surface area contributed by atoms with Gasteiger partial charge in [-0.15, -0.1) is 0 Å². The second kappa shape index (κ2) is 7.23. The van der Waals surface area contributed by atoms with Crippen molar-refractivity contribution in [3.8, 4) is 0 Å². The van der Waals surface area contributed by atoms with Crippen LogP contribution in [0.25, 0.3) is 0 Å². The van der Waals surface area contributed by atoms with Gasteiger partial charge in [-0.3, -0.25) is 0 Å². The normalized spacial score (nSPS) is 21.4. The van der Waals surface area contributed by atoms with E-state index in [0.29, 0.717) is 28.4 Å². The van der Waals surface area contributed by atoms with Gasteiger partial charge in [0.15, 0.2) is 0 Å². The van der Waals surface area contributed by atoms with Gasteiger partial charge in [-0.1, -0.05) is 29.8 Å². The summed E-state index contributed by atoms with van der Waals surface area (Å²) in [6, 6.07) is 6.24. The smallest absolute Gasteiger partial charge is 0.338 e. The zero-order chi connectivity index (χ0) is 17.1. The van der Waals surface area contributed by atoms with E-state index in [-0.39, 0.29) is 6.03 Å². The molecule has 0 unspecified atom stereocenters. The molecule has 3 N–H and O–H groups in total. The van der Waals surface area contributed by atoms with Crippen LogP contribution in [0.2, 0.25) is 5.02 Å². The molecule has 24 heavy (non-hydrogen) atoms. The lowest BCUT2D eigenvalue weighted by Crippen LogP contribution is -3.10. The van der Waals surface area contributed by atoms with Crippen LogP contribution < -0.4 is 15.5 Å². The number of esters is 1. The lowest BCUT2D eigenvalue weighted by atomic mass is 9.95. The van der Waals surface area contributed by atoms with Crippen molar-refractivity contribution in [2.75, 3.05) is 26.7 Å². The van der Waals surface area contributed by atoms with Crippen molar-refractivity contribution in [2.45, 2.75) is 18.9 Å². The molecule has 2 heterocycles. The molecule has 0 saturated carbocycles. The molecule has 0 bridgehead atoms. The molecular weight excluding hydrogens is 330 g/mol. The lowest BCUT2D eigenvalue weighted by Gasteiger charge is -2.30. The Labute approximate surface area is 145 Å². The molecule has 6 nitrogen and oxygen atoms in total. The Morgan fingerprint density at radius 2 is 2.04 bits per heavy atom. The minimum Gasteiger partial charge on any atom is -0.466 e.